The third-order valence-electron chi connectivity index (χ3n) is 4.18. The van der Waals surface area contributed by atoms with Gasteiger partial charge in [-0.3, -0.25) is 4.79 Å². The first-order valence-electron chi connectivity index (χ1n) is 8.09. The standard InChI is InChI=1S/C20H19NO5/c1-20(24,14-8-4-3-5-9-14)12-21-18(22)15-11-13-7-6-10-16(25-2)17(13)26-19(15)23/h3-11,24H,12H2,1-2H3,(H,21,22). The highest BCUT2D eigenvalue weighted by Crippen LogP contribution is 2.24. The van der Waals surface area contributed by atoms with Gasteiger partial charge in [0.05, 0.1) is 13.7 Å². The molecule has 3 rings (SSSR count). The predicted molar refractivity (Wildman–Crippen MR) is 97.4 cm³/mol. The molecule has 0 saturated carbocycles. The van der Waals surface area contributed by atoms with Crippen LogP contribution in [0.15, 0.2) is 63.8 Å². The quantitative estimate of drug-likeness (QED) is 0.688. The number of aliphatic hydroxyl groups is 1. The van der Waals surface area contributed by atoms with Crippen molar-refractivity contribution in [2.45, 2.75) is 12.5 Å². The summed E-state index contributed by atoms with van der Waals surface area (Å²) < 4.78 is 10.4. The van der Waals surface area contributed by atoms with E-state index in [-0.39, 0.29) is 17.7 Å². The van der Waals surface area contributed by atoms with Gasteiger partial charge in [-0.15, -0.1) is 0 Å². The van der Waals surface area contributed by atoms with E-state index in [0.717, 1.165) is 0 Å². The molecule has 1 atom stereocenters. The molecule has 2 N–H and O–H groups in total. The second kappa shape index (κ2) is 7.01. The Balaban J connectivity index is 1.84. The van der Waals surface area contributed by atoms with Crippen LogP contribution in [0.3, 0.4) is 0 Å². The normalized spacial score (nSPS) is 13.2. The summed E-state index contributed by atoms with van der Waals surface area (Å²) in [5, 5.41) is 13.7. The summed E-state index contributed by atoms with van der Waals surface area (Å²) in [6.45, 7) is 1.54. The van der Waals surface area contributed by atoms with Crippen LogP contribution in [0.5, 0.6) is 5.75 Å². The smallest absolute Gasteiger partial charge is 0.349 e. The molecule has 1 aromatic heterocycles. The maximum Gasteiger partial charge on any atom is 0.349 e. The average Bonchev–Trinajstić information content (AvgIpc) is 2.66. The van der Waals surface area contributed by atoms with Crippen molar-refractivity contribution in [2.24, 2.45) is 0 Å². The molecule has 6 nitrogen and oxygen atoms in total. The summed E-state index contributed by atoms with van der Waals surface area (Å²) in [5.74, 6) is -0.196. The van der Waals surface area contributed by atoms with Gasteiger partial charge in [0.2, 0.25) is 0 Å². The number of carbonyl (C=O) groups excluding carboxylic acids is 1. The summed E-state index contributed by atoms with van der Waals surface area (Å²) in [6.07, 6.45) is 0. The van der Waals surface area contributed by atoms with Crippen molar-refractivity contribution in [1.82, 2.24) is 5.32 Å². The van der Waals surface area contributed by atoms with E-state index in [4.69, 9.17) is 9.15 Å². The Kier molecular flexibility index (Phi) is 4.77. The van der Waals surface area contributed by atoms with Gasteiger partial charge in [0, 0.05) is 5.39 Å². The van der Waals surface area contributed by atoms with E-state index in [1.54, 1.807) is 49.4 Å². The first-order valence-corrected chi connectivity index (χ1v) is 8.09. The third-order valence-corrected chi connectivity index (χ3v) is 4.18. The lowest BCUT2D eigenvalue weighted by Crippen LogP contribution is -2.39. The minimum absolute atomic E-state index is 0.0502. The van der Waals surface area contributed by atoms with Crippen molar-refractivity contribution in [3.8, 4) is 5.75 Å². The number of benzene rings is 2. The number of rotatable bonds is 5. The van der Waals surface area contributed by atoms with E-state index in [1.165, 1.54) is 13.2 Å². The Bertz CT molecular complexity index is 992. The highest BCUT2D eigenvalue weighted by Gasteiger charge is 2.25. The Hall–Kier alpha value is -3.12. The highest BCUT2D eigenvalue weighted by atomic mass is 16.5. The summed E-state index contributed by atoms with van der Waals surface area (Å²) >= 11 is 0. The minimum Gasteiger partial charge on any atom is -0.493 e. The molecule has 0 fully saturated rings. The van der Waals surface area contributed by atoms with Gasteiger partial charge in [0.15, 0.2) is 11.3 Å². The zero-order valence-electron chi connectivity index (χ0n) is 14.5. The Labute approximate surface area is 150 Å². The predicted octanol–water partition coefficient (Wildman–Crippen LogP) is 2.44. The van der Waals surface area contributed by atoms with Crippen molar-refractivity contribution < 1.29 is 19.1 Å². The topological polar surface area (TPSA) is 88.8 Å². The van der Waals surface area contributed by atoms with Crippen LogP contribution in [0, 0.1) is 0 Å². The maximum absolute atomic E-state index is 12.4. The van der Waals surface area contributed by atoms with E-state index in [1.807, 2.05) is 6.07 Å². The Morgan fingerprint density at radius 2 is 1.92 bits per heavy atom. The monoisotopic (exact) mass is 353 g/mol. The van der Waals surface area contributed by atoms with Gasteiger partial charge in [0.25, 0.3) is 5.91 Å². The summed E-state index contributed by atoms with van der Waals surface area (Å²) in [5.41, 5.74) is -1.21. The number of carbonyl (C=O) groups is 1. The van der Waals surface area contributed by atoms with E-state index in [0.29, 0.717) is 16.7 Å². The minimum atomic E-state index is -1.27. The van der Waals surface area contributed by atoms with Crippen LogP contribution in [0.2, 0.25) is 0 Å². The van der Waals surface area contributed by atoms with E-state index >= 15 is 0 Å². The molecular weight excluding hydrogens is 334 g/mol. The first kappa shape index (κ1) is 17.7. The van der Waals surface area contributed by atoms with Crippen LogP contribution in [0.4, 0.5) is 0 Å². The molecule has 1 unspecified atom stereocenters. The van der Waals surface area contributed by atoms with E-state index < -0.39 is 17.1 Å². The zero-order chi connectivity index (χ0) is 18.7. The van der Waals surface area contributed by atoms with Crippen LogP contribution in [0.1, 0.15) is 22.8 Å². The highest BCUT2D eigenvalue weighted by molar-refractivity contribution is 5.97. The molecule has 0 radical (unpaired) electrons. The number of amides is 1. The van der Waals surface area contributed by atoms with Crippen molar-refractivity contribution in [1.29, 1.82) is 0 Å². The number of fused-ring (bicyclic) bond motifs is 1. The number of hydrogen-bond acceptors (Lipinski definition) is 5. The SMILES string of the molecule is COc1cccc2cc(C(=O)NCC(C)(O)c3ccccc3)c(=O)oc12. The van der Waals surface area contributed by atoms with Gasteiger partial charge >= 0.3 is 5.63 Å². The van der Waals surface area contributed by atoms with Crippen LogP contribution in [0.25, 0.3) is 11.0 Å². The van der Waals surface area contributed by atoms with Crippen molar-refractivity contribution in [3.05, 3.63) is 76.1 Å². The molecule has 6 heteroatoms. The number of methoxy groups -OCH3 is 1. The van der Waals surface area contributed by atoms with Crippen LogP contribution in [-0.2, 0) is 5.60 Å². The lowest BCUT2D eigenvalue weighted by Gasteiger charge is -2.24. The maximum atomic E-state index is 12.4. The van der Waals surface area contributed by atoms with Crippen molar-refractivity contribution in [3.63, 3.8) is 0 Å². The van der Waals surface area contributed by atoms with Crippen molar-refractivity contribution in [2.75, 3.05) is 13.7 Å². The van der Waals surface area contributed by atoms with Crippen molar-refractivity contribution >= 4 is 16.9 Å². The summed E-state index contributed by atoms with van der Waals surface area (Å²) in [4.78, 5) is 24.6. The molecular formula is C20H19NO5. The van der Waals surface area contributed by atoms with Crippen LogP contribution < -0.4 is 15.7 Å². The van der Waals surface area contributed by atoms with Gasteiger partial charge in [-0.05, 0) is 24.6 Å². The summed E-state index contributed by atoms with van der Waals surface area (Å²) in [7, 11) is 1.47. The average molecular weight is 353 g/mol. The number of hydrogen-bond donors (Lipinski definition) is 2. The molecule has 1 heterocycles. The molecule has 26 heavy (non-hydrogen) atoms. The van der Waals surface area contributed by atoms with Crippen LogP contribution in [-0.4, -0.2) is 24.7 Å². The number of ether oxygens (including phenoxy) is 1. The van der Waals surface area contributed by atoms with E-state index in [9.17, 15) is 14.7 Å². The van der Waals surface area contributed by atoms with Gasteiger partial charge in [0.1, 0.15) is 11.2 Å². The van der Waals surface area contributed by atoms with Gasteiger partial charge in [-0.2, -0.15) is 0 Å². The van der Waals surface area contributed by atoms with Gasteiger partial charge < -0.3 is 19.6 Å². The molecule has 0 aliphatic carbocycles. The second-order valence-corrected chi connectivity index (χ2v) is 6.15. The lowest BCUT2D eigenvalue weighted by atomic mass is 9.96. The molecule has 2 aromatic carbocycles. The Morgan fingerprint density at radius 1 is 1.19 bits per heavy atom. The molecule has 0 aliphatic heterocycles. The fraction of sp³-hybridized carbons (Fsp3) is 0.200. The van der Waals surface area contributed by atoms with E-state index in [2.05, 4.69) is 5.32 Å². The molecule has 134 valence electrons. The molecule has 0 bridgehead atoms. The number of nitrogens with one attached hydrogen (secondary N) is 1. The Morgan fingerprint density at radius 3 is 2.62 bits per heavy atom. The molecule has 0 saturated heterocycles. The molecule has 1 amide bonds. The fourth-order valence-electron chi connectivity index (χ4n) is 2.68. The first-order chi connectivity index (χ1) is 12.4. The third kappa shape index (κ3) is 3.45. The second-order valence-electron chi connectivity index (χ2n) is 6.15. The summed E-state index contributed by atoms with van der Waals surface area (Å²) in [6, 6.07) is 15.6. The largest absolute Gasteiger partial charge is 0.493 e. The van der Waals surface area contributed by atoms with Gasteiger partial charge in [-0.1, -0.05) is 42.5 Å². The van der Waals surface area contributed by atoms with Gasteiger partial charge in [-0.25, -0.2) is 4.79 Å². The van der Waals surface area contributed by atoms with Crippen LogP contribution >= 0.6 is 0 Å². The molecule has 0 aliphatic rings. The fourth-order valence-corrected chi connectivity index (χ4v) is 2.68. The lowest BCUT2D eigenvalue weighted by molar-refractivity contribution is 0.0525. The zero-order valence-corrected chi connectivity index (χ0v) is 14.5. The number of para-hydroxylation sites is 1. The molecule has 0 spiro atoms. The molecule has 3 aromatic rings.